The normalized spacial score (nSPS) is 10.0. The predicted octanol–water partition coefficient (Wildman–Crippen LogP) is 3.09. The molecule has 1 aromatic carbocycles. The highest BCUT2D eigenvalue weighted by atomic mass is 35.5. The number of benzene rings is 1. The molecule has 0 atom stereocenters. The lowest BCUT2D eigenvalue weighted by Gasteiger charge is -2.08. The molecule has 0 aliphatic heterocycles. The Morgan fingerprint density at radius 1 is 1.53 bits per heavy atom. The van der Waals surface area contributed by atoms with Crippen molar-refractivity contribution in [3.05, 3.63) is 28.8 Å². The molecule has 1 rings (SSSR count). The molecule has 0 radical (unpaired) electrons. The Balaban J connectivity index is 2.40. The van der Waals surface area contributed by atoms with Gasteiger partial charge in [-0.15, -0.1) is 0 Å². The molecule has 0 unspecified atom stereocenters. The number of rotatable bonds is 5. The van der Waals surface area contributed by atoms with E-state index in [0.717, 1.165) is 29.2 Å². The zero-order chi connectivity index (χ0) is 11.3. The van der Waals surface area contributed by atoms with Gasteiger partial charge in [-0.1, -0.05) is 23.8 Å². The molecule has 0 aliphatic carbocycles. The van der Waals surface area contributed by atoms with Crippen molar-refractivity contribution in [3.8, 4) is 5.75 Å². The Labute approximate surface area is 100 Å². The Kier molecular flexibility index (Phi) is 4.85. The summed E-state index contributed by atoms with van der Waals surface area (Å²) < 4.78 is 5.57. The van der Waals surface area contributed by atoms with Crippen LogP contribution in [0.2, 0.25) is 5.02 Å². The van der Waals surface area contributed by atoms with Gasteiger partial charge in [-0.2, -0.15) is 0 Å². The van der Waals surface area contributed by atoms with Crippen LogP contribution in [-0.2, 0) is 0 Å². The number of nitrogens with two attached hydrogens (primary N) is 1. The molecule has 0 bridgehead atoms. The zero-order valence-electron chi connectivity index (χ0n) is 8.63. The highest BCUT2D eigenvalue weighted by Crippen LogP contribution is 2.21. The van der Waals surface area contributed by atoms with Crippen molar-refractivity contribution in [2.45, 2.75) is 19.8 Å². The van der Waals surface area contributed by atoms with Gasteiger partial charge in [0, 0.05) is 11.4 Å². The molecule has 15 heavy (non-hydrogen) atoms. The Morgan fingerprint density at radius 2 is 2.27 bits per heavy atom. The quantitative estimate of drug-likeness (QED) is 0.638. The lowest BCUT2D eigenvalue weighted by molar-refractivity contribution is 0.311. The Hall–Kier alpha value is -0.800. The van der Waals surface area contributed by atoms with E-state index < -0.39 is 0 Å². The van der Waals surface area contributed by atoms with Crippen molar-refractivity contribution in [1.29, 1.82) is 0 Å². The van der Waals surface area contributed by atoms with Crippen molar-refractivity contribution < 1.29 is 4.74 Å². The SMILES string of the molecule is Cc1cc(Cl)ccc1OCCCC(N)=S. The third-order valence-electron chi connectivity index (χ3n) is 1.96. The number of hydrogen-bond acceptors (Lipinski definition) is 2. The molecule has 4 heteroatoms. The Bertz CT molecular complexity index is 354. The minimum atomic E-state index is 0.534. The third-order valence-corrected chi connectivity index (χ3v) is 2.40. The Morgan fingerprint density at radius 3 is 2.87 bits per heavy atom. The average molecular weight is 244 g/mol. The van der Waals surface area contributed by atoms with Crippen LogP contribution >= 0.6 is 23.8 Å². The second kappa shape index (κ2) is 5.93. The first-order valence-corrected chi connectivity index (χ1v) is 5.55. The number of thiocarbonyl (C=S) groups is 1. The fourth-order valence-electron chi connectivity index (χ4n) is 1.20. The van der Waals surface area contributed by atoms with Crippen molar-refractivity contribution in [2.75, 3.05) is 6.61 Å². The molecule has 0 aromatic heterocycles. The summed E-state index contributed by atoms with van der Waals surface area (Å²) in [7, 11) is 0. The third kappa shape index (κ3) is 4.49. The summed E-state index contributed by atoms with van der Waals surface area (Å²) in [5.41, 5.74) is 6.42. The molecule has 0 amide bonds. The van der Waals surface area contributed by atoms with E-state index in [2.05, 4.69) is 0 Å². The van der Waals surface area contributed by atoms with Gasteiger partial charge in [0.1, 0.15) is 5.75 Å². The molecule has 0 heterocycles. The second-order valence-electron chi connectivity index (χ2n) is 3.33. The van der Waals surface area contributed by atoms with Crippen LogP contribution in [-0.4, -0.2) is 11.6 Å². The standard InChI is InChI=1S/C11H14ClNOS/c1-8-7-9(12)4-5-10(8)14-6-2-3-11(13)15/h4-5,7H,2-3,6H2,1H3,(H2,13,15). The average Bonchev–Trinajstić information content (AvgIpc) is 2.14. The molecule has 0 aliphatic rings. The number of ether oxygens (including phenoxy) is 1. The van der Waals surface area contributed by atoms with Crippen LogP contribution in [0.5, 0.6) is 5.75 Å². The zero-order valence-corrected chi connectivity index (χ0v) is 10.2. The molecule has 0 saturated carbocycles. The van der Waals surface area contributed by atoms with Crippen LogP contribution in [0.15, 0.2) is 18.2 Å². The van der Waals surface area contributed by atoms with E-state index in [0.29, 0.717) is 11.6 Å². The van der Waals surface area contributed by atoms with Crippen molar-refractivity contribution in [2.24, 2.45) is 5.73 Å². The predicted molar refractivity (Wildman–Crippen MR) is 67.7 cm³/mol. The van der Waals surface area contributed by atoms with Gasteiger partial charge in [-0.05, 0) is 37.1 Å². The summed E-state index contributed by atoms with van der Waals surface area (Å²) in [5, 5.41) is 0.725. The summed E-state index contributed by atoms with van der Waals surface area (Å²) in [4.78, 5) is 0.534. The highest BCUT2D eigenvalue weighted by molar-refractivity contribution is 7.80. The molecule has 0 spiro atoms. The molecular formula is C11H14ClNOS. The van der Waals surface area contributed by atoms with Crippen LogP contribution in [0.4, 0.5) is 0 Å². The van der Waals surface area contributed by atoms with Crippen LogP contribution in [0.3, 0.4) is 0 Å². The summed E-state index contributed by atoms with van der Waals surface area (Å²) in [5.74, 6) is 0.863. The maximum Gasteiger partial charge on any atom is 0.122 e. The summed E-state index contributed by atoms with van der Waals surface area (Å²) in [6.45, 7) is 2.59. The second-order valence-corrected chi connectivity index (χ2v) is 4.29. The lowest BCUT2D eigenvalue weighted by atomic mass is 10.2. The van der Waals surface area contributed by atoms with Gasteiger partial charge < -0.3 is 10.5 Å². The van der Waals surface area contributed by atoms with Crippen molar-refractivity contribution >= 4 is 28.8 Å². The van der Waals surface area contributed by atoms with Gasteiger partial charge in [-0.25, -0.2) is 0 Å². The summed E-state index contributed by atoms with van der Waals surface area (Å²) >= 11 is 10.6. The van der Waals surface area contributed by atoms with Gasteiger partial charge in [0.2, 0.25) is 0 Å². The largest absolute Gasteiger partial charge is 0.493 e. The minimum Gasteiger partial charge on any atom is -0.493 e. The molecule has 82 valence electrons. The van der Waals surface area contributed by atoms with Crippen molar-refractivity contribution in [3.63, 3.8) is 0 Å². The van der Waals surface area contributed by atoms with Gasteiger partial charge in [-0.3, -0.25) is 0 Å². The fourth-order valence-corrected chi connectivity index (χ4v) is 1.57. The molecule has 2 N–H and O–H groups in total. The van der Waals surface area contributed by atoms with Gasteiger partial charge >= 0.3 is 0 Å². The van der Waals surface area contributed by atoms with E-state index in [1.54, 1.807) is 0 Å². The van der Waals surface area contributed by atoms with E-state index in [1.807, 2.05) is 25.1 Å². The summed E-state index contributed by atoms with van der Waals surface area (Å²) in [6, 6.07) is 5.57. The van der Waals surface area contributed by atoms with E-state index in [9.17, 15) is 0 Å². The minimum absolute atomic E-state index is 0.534. The number of aryl methyl sites for hydroxylation is 1. The molecule has 1 aromatic rings. The molecular weight excluding hydrogens is 230 g/mol. The monoisotopic (exact) mass is 243 g/mol. The van der Waals surface area contributed by atoms with Gasteiger partial charge in [0.25, 0.3) is 0 Å². The molecule has 2 nitrogen and oxygen atoms in total. The fraction of sp³-hybridized carbons (Fsp3) is 0.364. The van der Waals surface area contributed by atoms with Crippen LogP contribution < -0.4 is 10.5 Å². The smallest absolute Gasteiger partial charge is 0.122 e. The number of hydrogen-bond donors (Lipinski definition) is 1. The van der Waals surface area contributed by atoms with Crippen LogP contribution in [0.1, 0.15) is 18.4 Å². The van der Waals surface area contributed by atoms with Crippen LogP contribution in [0.25, 0.3) is 0 Å². The lowest BCUT2D eigenvalue weighted by Crippen LogP contribution is -2.09. The van der Waals surface area contributed by atoms with E-state index in [4.69, 9.17) is 34.3 Å². The first kappa shape index (κ1) is 12.3. The number of halogens is 1. The van der Waals surface area contributed by atoms with Crippen molar-refractivity contribution in [1.82, 2.24) is 0 Å². The first-order valence-electron chi connectivity index (χ1n) is 4.77. The topological polar surface area (TPSA) is 35.2 Å². The maximum absolute atomic E-state index is 5.83. The van der Waals surface area contributed by atoms with E-state index >= 15 is 0 Å². The maximum atomic E-state index is 5.83. The van der Waals surface area contributed by atoms with Crippen LogP contribution in [0, 0.1) is 6.92 Å². The molecule has 0 fully saturated rings. The van der Waals surface area contributed by atoms with E-state index in [1.165, 1.54) is 0 Å². The first-order chi connectivity index (χ1) is 7.09. The van der Waals surface area contributed by atoms with Gasteiger partial charge in [0.15, 0.2) is 0 Å². The summed E-state index contributed by atoms with van der Waals surface area (Å²) in [6.07, 6.45) is 1.57. The molecule has 0 saturated heterocycles. The van der Waals surface area contributed by atoms with Gasteiger partial charge in [0.05, 0.1) is 11.6 Å². The highest BCUT2D eigenvalue weighted by Gasteiger charge is 2.00. The van der Waals surface area contributed by atoms with E-state index in [-0.39, 0.29) is 0 Å².